The summed E-state index contributed by atoms with van der Waals surface area (Å²) in [6.45, 7) is 6.97. The Morgan fingerprint density at radius 1 is 0.781 bits per heavy atom. The van der Waals surface area contributed by atoms with Crippen LogP contribution in [-0.2, 0) is 47.6 Å². The Morgan fingerprint density at radius 3 is 1.94 bits per heavy atom. The lowest BCUT2D eigenvalue weighted by molar-refractivity contribution is -0.199. The highest BCUT2D eigenvalue weighted by Crippen LogP contribution is 2.31. The first kappa shape index (κ1) is 27.8. The Morgan fingerprint density at radius 2 is 1.38 bits per heavy atom. The number of ether oxygens (including phenoxy) is 6. The van der Waals surface area contributed by atoms with Crippen LogP contribution in [0.3, 0.4) is 0 Å². The lowest BCUT2D eigenvalue weighted by atomic mass is 10.1. The Labute approximate surface area is 189 Å². The van der Waals surface area contributed by atoms with E-state index < -0.39 is 54.6 Å². The summed E-state index contributed by atoms with van der Waals surface area (Å²) in [6, 6.07) is 0. The molecule has 1 aliphatic rings. The zero-order valence-electron chi connectivity index (χ0n) is 19.6. The van der Waals surface area contributed by atoms with Gasteiger partial charge in [-0.25, -0.2) is 0 Å². The predicted molar refractivity (Wildman–Crippen MR) is 111 cm³/mol. The number of unbranched alkanes of at least 4 members (excludes halogenated alkanes) is 5. The van der Waals surface area contributed by atoms with E-state index in [1.54, 1.807) is 0 Å². The summed E-state index contributed by atoms with van der Waals surface area (Å²) in [5.74, 6) is -2.50. The van der Waals surface area contributed by atoms with Crippen LogP contribution in [0.2, 0.25) is 0 Å². The van der Waals surface area contributed by atoms with Crippen molar-refractivity contribution < 1.29 is 47.6 Å². The number of esters is 4. The lowest BCUT2D eigenvalue weighted by Gasteiger charge is -2.27. The molecule has 10 heteroatoms. The maximum atomic E-state index is 11.7. The van der Waals surface area contributed by atoms with E-state index in [9.17, 15) is 19.2 Å². The molecule has 0 N–H and O–H groups in total. The Kier molecular flexibility index (Phi) is 12.9. The van der Waals surface area contributed by atoms with Gasteiger partial charge in [0.25, 0.3) is 0 Å². The fraction of sp³-hybridized carbons (Fsp3) is 0.818. The zero-order chi connectivity index (χ0) is 24.1. The highest BCUT2D eigenvalue weighted by molar-refractivity contribution is 5.68. The van der Waals surface area contributed by atoms with Gasteiger partial charge in [-0.05, 0) is 6.42 Å². The highest BCUT2D eigenvalue weighted by Gasteiger charge is 2.54. The van der Waals surface area contributed by atoms with E-state index in [0.717, 1.165) is 32.1 Å². The molecular formula is C22H36O10. The second-order valence-corrected chi connectivity index (χ2v) is 7.71. The van der Waals surface area contributed by atoms with Gasteiger partial charge in [0, 0.05) is 34.3 Å². The van der Waals surface area contributed by atoms with Gasteiger partial charge in [-0.2, -0.15) is 0 Å². The third-order valence-electron chi connectivity index (χ3n) is 4.73. The molecule has 184 valence electrons. The number of carbonyl (C=O) groups excluding carboxylic acids is 4. The molecule has 0 saturated carbocycles. The second-order valence-electron chi connectivity index (χ2n) is 7.71. The average molecular weight is 461 g/mol. The topological polar surface area (TPSA) is 124 Å². The van der Waals surface area contributed by atoms with Gasteiger partial charge in [0.2, 0.25) is 0 Å². The maximum absolute atomic E-state index is 11.7. The first-order chi connectivity index (χ1) is 15.1. The molecule has 1 saturated heterocycles. The molecule has 0 aromatic carbocycles. The van der Waals surface area contributed by atoms with Crippen molar-refractivity contribution in [3.8, 4) is 0 Å². The maximum Gasteiger partial charge on any atom is 0.303 e. The predicted octanol–water partition coefficient (Wildman–Crippen LogP) is 2.45. The molecule has 32 heavy (non-hydrogen) atoms. The van der Waals surface area contributed by atoms with Crippen LogP contribution < -0.4 is 0 Å². The van der Waals surface area contributed by atoms with Gasteiger partial charge in [-0.3, -0.25) is 19.2 Å². The van der Waals surface area contributed by atoms with Gasteiger partial charge in [0.1, 0.15) is 12.7 Å². The van der Waals surface area contributed by atoms with Crippen LogP contribution in [0, 0.1) is 0 Å². The molecule has 10 nitrogen and oxygen atoms in total. The summed E-state index contributed by atoms with van der Waals surface area (Å²) in [5, 5.41) is 0. The fourth-order valence-corrected chi connectivity index (χ4v) is 3.42. The molecule has 0 aliphatic carbocycles. The van der Waals surface area contributed by atoms with Crippen LogP contribution in [-0.4, -0.2) is 67.8 Å². The summed E-state index contributed by atoms with van der Waals surface area (Å²) in [7, 11) is 0. The van der Waals surface area contributed by atoms with Crippen molar-refractivity contribution in [1.82, 2.24) is 0 Å². The smallest absolute Gasteiger partial charge is 0.303 e. The monoisotopic (exact) mass is 460 g/mol. The van der Waals surface area contributed by atoms with E-state index >= 15 is 0 Å². The minimum absolute atomic E-state index is 0.325. The molecule has 0 radical (unpaired) electrons. The van der Waals surface area contributed by atoms with E-state index in [2.05, 4.69) is 6.92 Å². The van der Waals surface area contributed by atoms with Crippen LogP contribution in [0.5, 0.6) is 0 Å². The number of hydrogen-bond donors (Lipinski definition) is 0. The molecule has 0 spiro atoms. The molecule has 0 aromatic heterocycles. The molecular weight excluding hydrogens is 424 g/mol. The van der Waals surface area contributed by atoms with Gasteiger partial charge in [-0.1, -0.05) is 39.0 Å². The molecule has 1 unspecified atom stereocenters. The first-order valence-corrected chi connectivity index (χ1v) is 11.1. The van der Waals surface area contributed by atoms with Gasteiger partial charge in [0.05, 0.1) is 0 Å². The molecule has 1 fully saturated rings. The minimum atomic E-state index is -1.12. The Hall–Kier alpha value is -2.20. The van der Waals surface area contributed by atoms with Crippen molar-refractivity contribution >= 4 is 23.9 Å². The Bertz CT molecular complexity index is 620. The van der Waals surface area contributed by atoms with Crippen molar-refractivity contribution in [1.29, 1.82) is 0 Å². The second kappa shape index (κ2) is 14.8. The summed E-state index contributed by atoms with van der Waals surface area (Å²) in [5.41, 5.74) is 0. The molecule has 1 rings (SSSR count). The molecule has 1 heterocycles. The average Bonchev–Trinajstić information content (AvgIpc) is 3.00. The minimum Gasteiger partial charge on any atom is -0.462 e. The summed E-state index contributed by atoms with van der Waals surface area (Å²) >= 11 is 0. The number of hydrogen-bond acceptors (Lipinski definition) is 10. The molecule has 0 bridgehead atoms. The van der Waals surface area contributed by atoms with Crippen LogP contribution in [0.1, 0.15) is 73.1 Å². The number of rotatable bonds is 14. The van der Waals surface area contributed by atoms with E-state index in [0.29, 0.717) is 6.61 Å². The van der Waals surface area contributed by atoms with Gasteiger partial charge < -0.3 is 28.4 Å². The third-order valence-corrected chi connectivity index (χ3v) is 4.73. The molecule has 0 amide bonds. The van der Waals surface area contributed by atoms with Crippen LogP contribution in [0.25, 0.3) is 0 Å². The zero-order valence-corrected chi connectivity index (χ0v) is 19.6. The summed E-state index contributed by atoms with van der Waals surface area (Å²) < 4.78 is 32.6. The van der Waals surface area contributed by atoms with Crippen molar-refractivity contribution in [3.63, 3.8) is 0 Å². The van der Waals surface area contributed by atoms with E-state index in [-0.39, 0.29) is 6.61 Å². The van der Waals surface area contributed by atoms with E-state index in [1.165, 1.54) is 34.1 Å². The fourth-order valence-electron chi connectivity index (χ4n) is 3.42. The highest BCUT2D eigenvalue weighted by atomic mass is 16.7. The van der Waals surface area contributed by atoms with Crippen molar-refractivity contribution in [2.75, 3.05) is 13.2 Å². The quantitative estimate of drug-likeness (QED) is 0.217. The first-order valence-electron chi connectivity index (χ1n) is 11.1. The standard InChI is InChI=1S/C22H36O10/c1-6-7-8-9-10-11-12-27-22-21(31-17(5)26)20(30-16(4)25)19(32-22)18(29-15(3)24)13-28-14(2)23/h18-22H,6-13H2,1-5H3/t18-,19-,20+,21+,22?/m1/s1. The van der Waals surface area contributed by atoms with Gasteiger partial charge in [0.15, 0.2) is 24.6 Å². The van der Waals surface area contributed by atoms with Crippen molar-refractivity contribution in [2.45, 2.75) is 104 Å². The number of carbonyl (C=O) groups is 4. The summed E-state index contributed by atoms with van der Waals surface area (Å²) in [4.78, 5) is 46.3. The van der Waals surface area contributed by atoms with Crippen LogP contribution >= 0.6 is 0 Å². The van der Waals surface area contributed by atoms with Crippen LogP contribution in [0.15, 0.2) is 0 Å². The SMILES string of the molecule is CCCCCCCCOC1O[C@H]([C@@H](COC(C)=O)OC(C)=O)[C@H](OC(C)=O)[C@@H]1OC(C)=O. The molecule has 0 aromatic rings. The van der Waals surface area contributed by atoms with Crippen LogP contribution in [0.4, 0.5) is 0 Å². The summed E-state index contributed by atoms with van der Waals surface area (Å²) in [6.07, 6.45) is 0.947. The largest absolute Gasteiger partial charge is 0.462 e. The normalized spacial score (nSPS) is 23.3. The molecule has 5 atom stereocenters. The molecule has 1 aliphatic heterocycles. The third kappa shape index (κ3) is 10.4. The lowest BCUT2D eigenvalue weighted by Crippen LogP contribution is -2.46. The van der Waals surface area contributed by atoms with E-state index in [4.69, 9.17) is 28.4 Å². The van der Waals surface area contributed by atoms with Crippen molar-refractivity contribution in [2.24, 2.45) is 0 Å². The van der Waals surface area contributed by atoms with E-state index in [1.807, 2.05) is 0 Å². The van der Waals surface area contributed by atoms with Crippen molar-refractivity contribution in [3.05, 3.63) is 0 Å². The Balaban J connectivity index is 2.94. The van der Waals surface area contributed by atoms with Gasteiger partial charge in [-0.15, -0.1) is 0 Å². The van der Waals surface area contributed by atoms with Gasteiger partial charge >= 0.3 is 23.9 Å².